The summed E-state index contributed by atoms with van der Waals surface area (Å²) >= 11 is 7.19. The molecular formula is C9H11ClN4OS. The molecule has 0 saturated carbocycles. The molecule has 0 radical (unpaired) electrons. The van der Waals surface area contributed by atoms with E-state index in [1.54, 1.807) is 11.8 Å². The summed E-state index contributed by atoms with van der Waals surface area (Å²) in [5, 5.41) is 8.99. The minimum Gasteiger partial charge on any atom is -0.440 e. The van der Waals surface area contributed by atoms with Crippen LogP contribution >= 0.6 is 23.4 Å². The van der Waals surface area contributed by atoms with E-state index in [1.807, 2.05) is 18.5 Å². The maximum absolute atomic E-state index is 5.63. The van der Waals surface area contributed by atoms with Crippen LogP contribution in [0.2, 0.25) is 0 Å². The molecule has 86 valence electrons. The number of alkyl halides is 1. The average molecular weight is 259 g/mol. The van der Waals surface area contributed by atoms with Gasteiger partial charge in [0.25, 0.3) is 0 Å². The molecule has 7 heteroatoms. The number of thioether (sulfide) groups is 1. The fourth-order valence-corrected chi connectivity index (χ4v) is 2.15. The minimum atomic E-state index is 0.591. The summed E-state index contributed by atoms with van der Waals surface area (Å²) in [4.78, 5) is 4.03. The third kappa shape index (κ3) is 2.08. The lowest BCUT2D eigenvalue weighted by Gasteiger charge is -2.00. The first kappa shape index (κ1) is 11.5. The van der Waals surface area contributed by atoms with Crippen LogP contribution in [-0.4, -0.2) is 31.4 Å². The van der Waals surface area contributed by atoms with Crippen LogP contribution in [-0.2, 0) is 7.05 Å². The van der Waals surface area contributed by atoms with Crippen molar-refractivity contribution in [3.8, 4) is 11.6 Å². The van der Waals surface area contributed by atoms with Gasteiger partial charge in [-0.15, -0.1) is 21.8 Å². The van der Waals surface area contributed by atoms with Gasteiger partial charge in [0, 0.05) is 18.7 Å². The van der Waals surface area contributed by atoms with Crippen LogP contribution in [0.1, 0.15) is 5.69 Å². The Balaban J connectivity index is 2.30. The quantitative estimate of drug-likeness (QED) is 0.621. The Labute approximate surface area is 102 Å². The second-order valence-corrected chi connectivity index (χ2v) is 4.61. The summed E-state index contributed by atoms with van der Waals surface area (Å²) in [6, 6.07) is 0. The zero-order valence-electron chi connectivity index (χ0n) is 8.97. The Bertz CT molecular complexity index is 482. The Morgan fingerprint density at radius 2 is 2.31 bits per heavy atom. The van der Waals surface area contributed by atoms with Gasteiger partial charge in [-0.2, -0.15) is 0 Å². The van der Waals surface area contributed by atoms with Crippen molar-refractivity contribution in [2.75, 3.05) is 11.6 Å². The molecule has 0 atom stereocenters. The molecule has 0 amide bonds. The molecule has 2 aromatic rings. The van der Waals surface area contributed by atoms with Gasteiger partial charge in [-0.1, -0.05) is 11.8 Å². The second kappa shape index (κ2) is 4.88. The third-order valence-electron chi connectivity index (χ3n) is 2.09. The van der Waals surface area contributed by atoms with E-state index in [-0.39, 0.29) is 0 Å². The molecule has 5 nitrogen and oxygen atoms in total. The van der Waals surface area contributed by atoms with E-state index in [4.69, 9.17) is 16.0 Å². The molecule has 0 saturated heterocycles. The number of oxazole rings is 1. The maximum atomic E-state index is 5.63. The molecule has 0 aromatic carbocycles. The lowest BCUT2D eigenvalue weighted by atomic mass is 10.3. The molecule has 16 heavy (non-hydrogen) atoms. The highest BCUT2D eigenvalue weighted by Gasteiger charge is 2.16. The smallest absolute Gasteiger partial charge is 0.202 e. The highest BCUT2D eigenvalue weighted by atomic mass is 35.5. The molecule has 0 unspecified atom stereocenters. The molecule has 0 spiro atoms. The van der Waals surface area contributed by atoms with Gasteiger partial charge in [-0.3, -0.25) is 0 Å². The van der Waals surface area contributed by atoms with E-state index in [0.29, 0.717) is 17.5 Å². The fourth-order valence-electron chi connectivity index (χ4n) is 1.28. The van der Waals surface area contributed by atoms with Crippen molar-refractivity contribution >= 4 is 23.4 Å². The van der Waals surface area contributed by atoms with Crippen LogP contribution < -0.4 is 0 Å². The highest BCUT2D eigenvalue weighted by molar-refractivity contribution is 7.99. The van der Waals surface area contributed by atoms with Crippen LogP contribution in [0, 0.1) is 6.92 Å². The van der Waals surface area contributed by atoms with Crippen molar-refractivity contribution in [3.05, 3.63) is 12.1 Å². The first-order chi connectivity index (χ1) is 7.74. The molecule has 0 aliphatic carbocycles. The maximum Gasteiger partial charge on any atom is 0.202 e. The van der Waals surface area contributed by atoms with Gasteiger partial charge in [0.2, 0.25) is 5.82 Å². The van der Waals surface area contributed by atoms with Crippen LogP contribution in [0.3, 0.4) is 0 Å². The fraction of sp³-hybridized carbons (Fsp3) is 0.444. The Morgan fingerprint density at radius 1 is 1.50 bits per heavy atom. The van der Waals surface area contributed by atoms with Gasteiger partial charge < -0.3 is 8.98 Å². The van der Waals surface area contributed by atoms with Crippen LogP contribution in [0.15, 0.2) is 16.0 Å². The van der Waals surface area contributed by atoms with Crippen molar-refractivity contribution in [1.29, 1.82) is 0 Å². The lowest BCUT2D eigenvalue weighted by Crippen LogP contribution is -1.95. The van der Waals surface area contributed by atoms with E-state index in [2.05, 4.69) is 15.2 Å². The molecular weight excluding hydrogens is 248 g/mol. The van der Waals surface area contributed by atoms with Crippen molar-refractivity contribution in [2.24, 2.45) is 7.05 Å². The van der Waals surface area contributed by atoms with Crippen LogP contribution in [0.5, 0.6) is 0 Å². The first-order valence-electron chi connectivity index (χ1n) is 4.72. The number of hydrogen-bond acceptors (Lipinski definition) is 5. The molecule has 0 bridgehead atoms. The molecule has 0 fully saturated rings. The Kier molecular flexibility index (Phi) is 3.50. The molecule has 0 aliphatic heterocycles. The average Bonchev–Trinajstić information content (AvgIpc) is 2.83. The van der Waals surface area contributed by atoms with Gasteiger partial charge >= 0.3 is 0 Å². The standard InChI is InChI=1S/C9H11ClN4OS/c1-6-7(15-5-11-6)8-12-13-9(14(8)2)16-4-3-10/h5H,3-4H2,1-2H3. The zero-order valence-corrected chi connectivity index (χ0v) is 10.5. The summed E-state index contributed by atoms with van der Waals surface area (Å²) in [5.74, 6) is 2.75. The van der Waals surface area contributed by atoms with E-state index in [9.17, 15) is 0 Å². The van der Waals surface area contributed by atoms with Gasteiger partial charge in [-0.05, 0) is 6.92 Å². The van der Waals surface area contributed by atoms with Crippen molar-refractivity contribution in [2.45, 2.75) is 12.1 Å². The number of nitrogens with zero attached hydrogens (tertiary/aromatic N) is 4. The monoisotopic (exact) mass is 258 g/mol. The van der Waals surface area contributed by atoms with Crippen molar-refractivity contribution in [1.82, 2.24) is 19.7 Å². The minimum absolute atomic E-state index is 0.591. The van der Waals surface area contributed by atoms with E-state index in [1.165, 1.54) is 6.39 Å². The SMILES string of the molecule is Cc1ncoc1-c1nnc(SCCCl)n1C. The lowest BCUT2D eigenvalue weighted by molar-refractivity contribution is 0.562. The first-order valence-corrected chi connectivity index (χ1v) is 6.24. The molecule has 2 rings (SSSR count). The predicted octanol–water partition coefficient (Wildman–Crippen LogP) is 2.11. The van der Waals surface area contributed by atoms with Gasteiger partial charge in [0.1, 0.15) is 0 Å². The van der Waals surface area contributed by atoms with Crippen LogP contribution in [0.25, 0.3) is 11.6 Å². The zero-order chi connectivity index (χ0) is 11.5. The number of aromatic nitrogens is 4. The topological polar surface area (TPSA) is 56.7 Å². The number of hydrogen-bond donors (Lipinski definition) is 0. The molecule has 2 aromatic heterocycles. The molecule has 0 aliphatic rings. The molecule has 2 heterocycles. The van der Waals surface area contributed by atoms with Crippen molar-refractivity contribution in [3.63, 3.8) is 0 Å². The van der Waals surface area contributed by atoms with Gasteiger partial charge in [0.15, 0.2) is 17.3 Å². The van der Waals surface area contributed by atoms with E-state index >= 15 is 0 Å². The highest BCUT2D eigenvalue weighted by Crippen LogP contribution is 2.24. The summed E-state index contributed by atoms with van der Waals surface area (Å²) in [7, 11) is 1.90. The number of halogens is 1. The summed E-state index contributed by atoms with van der Waals surface area (Å²) in [6.45, 7) is 1.87. The van der Waals surface area contributed by atoms with Crippen molar-refractivity contribution < 1.29 is 4.42 Å². The Morgan fingerprint density at radius 3 is 2.94 bits per heavy atom. The van der Waals surface area contributed by atoms with Gasteiger partial charge in [0.05, 0.1) is 5.69 Å². The van der Waals surface area contributed by atoms with Gasteiger partial charge in [-0.25, -0.2) is 4.98 Å². The summed E-state index contributed by atoms with van der Waals surface area (Å²) in [5.41, 5.74) is 0.810. The number of rotatable bonds is 4. The summed E-state index contributed by atoms with van der Waals surface area (Å²) in [6.07, 6.45) is 1.41. The summed E-state index contributed by atoms with van der Waals surface area (Å²) < 4.78 is 7.16. The third-order valence-corrected chi connectivity index (χ3v) is 3.53. The van der Waals surface area contributed by atoms with Crippen LogP contribution in [0.4, 0.5) is 0 Å². The van der Waals surface area contributed by atoms with E-state index in [0.717, 1.165) is 16.6 Å². The largest absolute Gasteiger partial charge is 0.440 e. The Hall–Kier alpha value is -1.01. The predicted molar refractivity (Wildman–Crippen MR) is 62.7 cm³/mol. The normalized spacial score (nSPS) is 10.9. The molecule has 0 N–H and O–H groups in total. The number of aryl methyl sites for hydroxylation is 1. The van der Waals surface area contributed by atoms with E-state index < -0.39 is 0 Å². The second-order valence-electron chi connectivity index (χ2n) is 3.17.